The highest BCUT2D eigenvalue weighted by Crippen LogP contribution is 2.40. The van der Waals surface area contributed by atoms with E-state index in [-0.39, 0.29) is 16.3 Å². The minimum atomic E-state index is -0.526. The molecule has 118 valence electrons. The molecule has 0 unspecified atom stereocenters. The maximum absolute atomic E-state index is 14.5. The Labute approximate surface area is 148 Å². The lowest BCUT2D eigenvalue weighted by atomic mass is 9.92. The Bertz CT molecular complexity index is 943. The molecule has 6 heteroatoms. The average Bonchev–Trinajstić information content (AvgIpc) is 2.56. The lowest BCUT2D eigenvalue weighted by Crippen LogP contribution is -2.02. The summed E-state index contributed by atoms with van der Waals surface area (Å²) < 4.78 is 14.5. The molecule has 3 rings (SSSR count). The summed E-state index contributed by atoms with van der Waals surface area (Å²) in [4.78, 5) is 0. The zero-order valence-corrected chi connectivity index (χ0v) is 14.0. The number of aromatic nitrogens is 2. The van der Waals surface area contributed by atoms with E-state index in [0.717, 1.165) is 5.56 Å². The number of hydrogen-bond donors (Lipinski definition) is 0. The van der Waals surface area contributed by atoms with E-state index in [1.165, 1.54) is 12.1 Å². The molecule has 0 saturated heterocycles. The van der Waals surface area contributed by atoms with Gasteiger partial charge >= 0.3 is 0 Å². The van der Waals surface area contributed by atoms with Crippen molar-refractivity contribution in [3.8, 4) is 28.3 Å². The van der Waals surface area contributed by atoms with E-state index in [2.05, 4.69) is 10.2 Å². The first-order valence-corrected chi connectivity index (χ1v) is 7.76. The maximum Gasteiger partial charge on any atom is 0.171 e. The monoisotopic (exact) mass is 357 g/mol. The SMILES string of the molecule is Cc1nnc(C#N)c(-c2c(F)cccc2Cl)c1-c1ccc(Cl)cc1. The highest BCUT2D eigenvalue weighted by Gasteiger charge is 2.22. The van der Waals surface area contributed by atoms with Crippen molar-refractivity contribution in [2.75, 3.05) is 0 Å². The molecule has 0 aliphatic heterocycles. The first-order chi connectivity index (χ1) is 11.5. The third kappa shape index (κ3) is 2.84. The second-order valence-electron chi connectivity index (χ2n) is 5.10. The Kier molecular flexibility index (Phi) is 4.48. The van der Waals surface area contributed by atoms with Crippen molar-refractivity contribution in [3.63, 3.8) is 0 Å². The average molecular weight is 358 g/mol. The molecule has 1 heterocycles. The van der Waals surface area contributed by atoms with Crippen LogP contribution >= 0.6 is 23.2 Å². The van der Waals surface area contributed by atoms with Crippen LogP contribution in [0.15, 0.2) is 42.5 Å². The van der Waals surface area contributed by atoms with Crippen LogP contribution in [-0.2, 0) is 0 Å². The molecule has 3 nitrogen and oxygen atoms in total. The van der Waals surface area contributed by atoms with Gasteiger partial charge in [-0.05, 0) is 36.8 Å². The number of nitrogens with zero attached hydrogens (tertiary/aromatic N) is 3. The summed E-state index contributed by atoms with van der Waals surface area (Å²) in [5.74, 6) is -0.526. The minimum absolute atomic E-state index is 0.0116. The number of rotatable bonds is 2. The molecule has 3 aromatic rings. The zero-order valence-electron chi connectivity index (χ0n) is 12.5. The molecular formula is C18H10Cl2FN3. The van der Waals surface area contributed by atoms with E-state index in [1.807, 2.05) is 6.07 Å². The zero-order chi connectivity index (χ0) is 17.3. The second-order valence-corrected chi connectivity index (χ2v) is 5.94. The van der Waals surface area contributed by atoms with Crippen molar-refractivity contribution >= 4 is 23.2 Å². The van der Waals surface area contributed by atoms with Crippen molar-refractivity contribution in [2.24, 2.45) is 0 Å². The summed E-state index contributed by atoms with van der Waals surface area (Å²) in [6, 6.07) is 13.4. The molecule has 24 heavy (non-hydrogen) atoms. The van der Waals surface area contributed by atoms with Crippen LogP contribution in [0.1, 0.15) is 11.4 Å². The molecule has 0 amide bonds. The number of nitriles is 1. The molecule has 0 aliphatic rings. The molecule has 0 bridgehead atoms. The van der Waals surface area contributed by atoms with Crippen LogP contribution in [0.2, 0.25) is 10.0 Å². The smallest absolute Gasteiger partial charge is 0.171 e. The fourth-order valence-corrected chi connectivity index (χ4v) is 2.94. The quantitative estimate of drug-likeness (QED) is 0.613. The van der Waals surface area contributed by atoms with E-state index in [1.54, 1.807) is 37.3 Å². The minimum Gasteiger partial charge on any atom is -0.206 e. The number of benzene rings is 2. The molecule has 0 radical (unpaired) electrons. The van der Waals surface area contributed by atoms with Crippen LogP contribution < -0.4 is 0 Å². The van der Waals surface area contributed by atoms with E-state index < -0.39 is 5.82 Å². The van der Waals surface area contributed by atoms with Gasteiger partial charge in [0.2, 0.25) is 0 Å². The summed E-state index contributed by atoms with van der Waals surface area (Å²) in [6.45, 7) is 1.75. The van der Waals surface area contributed by atoms with Gasteiger partial charge in [0.15, 0.2) is 5.69 Å². The second kappa shape index (κ2) is 6.56. The van der Waals surface area contributed by atoms with Crippen LogP contribution in [0.3, 0.4) is 0 Å². The van der Waals surface area contributed by atoms with Gasteiger partial charge in [0.1, 0.15) is 11.9 Å². The third-order valence-corrected chi connectivity index (χ3v) is 4.17. The Hall–Kier alpha value is -2.48. The lowest BCUT2D eigenvalue weighted by molar-refractivity contribution is 0.631. The highest BCUT2D eigenvalue weighted by atomic mass is 35.5. The molecule has 0 fully saturated rings. The molecule has 0 spiro atoms. The Morgan fingerprint density at radius 3 is 2.29 bits per heavy atom. The van der Waals surface area contributed by atoms with E-state index in [0.29, 0.717) is 21.8 Å². The van der Waals surface area contributed by atoms with Gasteiger partial charge < -0.3 is 0 Å². The summed E-state index contributed by atoms with van der Waals surface area (Å²) in [7, 11) is 0. The van der Waals surface area contributed by atoms with Gasteiger partial charge in [0.25, 0.3) is 0 Å². The largest absolute Gasteiger partial charge is 0.206 e. The number of aryl methyl sites for hydroxylation is 1. The molecule has 0 atom stereocenters. The van der Waals surface area contributed by atoms with Crippen molar-refractivity contribution in [3.05, 3.63) is 69.7 Å². The summed E-state index contributed by atoms with van der Waals surface area (Å²) >= 11 is 12.2. The van der Waals surface area contributed by atoms with Gasteiger partial charge in [-0.2, -0.15) is 10.4 Å². The number of hydrogen-bond acceptors (Lipinski definition) is 3. The normalized spacial score (nSPS) is 10.5. The van der Waals surface area contributed by atoms with Crippen molar-refractivity contribution in [1.29, 1.82) is 5.26 Å². The summed E-state index contributed by atoms with van der Waals surface area (Å²) in [5.41, 5.74) is 2.39. The van der Waals surface area contributed by atoms with Gasteiger partial charge in [-0.3, -0.25) is 0 Å². The van der Waals surface area contributed by atoms with Crippen LogP contribution in [0.4, 0.5) is 4.39 Å². The lowest BCUT2D eigenvalue weighted by Gasteiger charge is -2.15. The van der Waals surface area contributed by atoms with E-state index in [4.69, 9.17) is 23.2 Å². The third-order valence-electron chi connectivity index (χ3n) is 3.60. The molecule has 0 N–H and O–H groups in total. The summed E-state index contributed by atoms with van der Waals surface area (Å²) in [6.07, 6.45) is 0. The number of halogens is 3. The van der Waals surface area contributed by atoms with Crippen LogP contribution in [0.5, 0.6) is 0 Å². The van der Waals surface area contributed by atoms with Crippen molar-refractivity contribution in [2.45, 2.75) is 6.92 Å². The molecule has 0 aliphatic carbocycles. The first kappa shape index (κ1) is 16.4. The molecular weight excluding hydrogens is 348 g/mol. The predicted molar refractivity (Wildman–Crippen MR) is 92.3 cm³/mol. The predicted octanol–water partition coefficient (Wildman–Crippen LogP) is 5.44. The maximum atomic E-state index is 14.5. The summed E-state index contributed by atoms with van der Waals surface area (Å²) in [5, 5.41) is 18.1. The fraction of sp³-hybridized carbons (Fsp3) is 0.0556. The molecule has 2 aromatic carbocycles. The Morgan fingerprint density at radius 2 is 1.67 bits per heavy atom. The van der Waals surface area contributed by atoms with E-state index >= 15 is 0 Å². The van der Waals surface area contributed by atoms with Crippen LogP contribution in [-0.4, -0.2) is 10.2 Å². The van der Waals surface area contributed by atoms with Crippen molar-refractivity contribution < 1.29 is 4.39 Å². The van der Waals surface area contributed by atoms with Gasteiger partial charge in [-0.1, -0.05) is 41.4 Å². The Balaban J connectivity index is 2.42. The van der Waals surface area contributed by atoms with Crippen molar-refractivity contribution in [1.82, 2.24) is 10.2 Å². The fourth-order valence-electron chi connectivity index (χ4n) is 2.55. The van der Waals surface area contributed by atoms with Gasteiger partial charge in [-0.15, -0.1) is 5.10 Å². The molecule has 0 saturated carbocycles. The Morgan fingerprint density at radius 1 is 0.958 bits per heavy atom. The molecule has 1 aromatic heterocycles. The van der Waals surface area contributed by atoms with Gasteiger partial charge in [0, 0.05) is 21.7 Å². The van der Waals surface area contributed by atoms with Crippen LogP contribution in [0.25, 0.3) is 22.3 Å². The standard InChI is InChI=1S/C18H10Cl2FN3/c1-10-16(11-5-7-12(19)8-6-11)18(15(9-22)24-23-10)17-13(20)3-2-4-14(17)21/h2-8H,1H3. The van der Waals surface area contributed by atoms with Gasteiger partial charge in [-0.25, -0.2) is 4.39 Å². The van der Waals surface area contributed by atoms with Crippen LogP contribution in [0, 0.1) is 24.1 Å². The van der Waals surface area contributed by atoms with Gasteiger partial charge in [0.05, 0.1) is 10.7 Å². The van der Waals surface area contributed by atoms with E-state index in [9.17, 15) is 9.65 Å². The topological polar surface area (TPSA) is 49.6 Å². The first-order valence-electron chi connectivity index (χ1n) is 7.00. The highest BCUT2D eigenvalue weighted by molar-refractivity contribution is 6.33.